The number of nitrogens with zero attached hydrogens (tertiary/aromatic N) is 4. The molecule has 2 amide bonds. The van der Waals surface area contributed by atoms with E-state index in [1.807, 2.05) is 0 Å². The molecule has 1 aliphatic heterocycles. The standard InChI is InChI=1S/C34H31Cl2F2N5O6/c1-34(2,3)49-33(46)43-12-11-24-23(15-43)39-29(42(24)4)30(45)40-21-10-6-8-19(28(21)36)18-7-5-9-20(27(18)35)31-41-22-13-17(16-44)25(48-32(37)38)14-26(22)47-31/h5-10,13-14,32,44H,11-12,15-16H2,1-4H3,(H,40,45). The van der Waals surface area contributed by atoms with Crippen molar-refractivity contribution in [1.29, 1.82) is 0 Å². The molecule has 3 heterocycles. The lowest BCUT2D eigenvalue weighted by Gasteiger charge is -2.29. The van der Waals surface area contributed by atoms with E-state index in [0.29, 0.717) is 46.6 Å². The van der Waals surface area contributed by atoms with Gasteiger partial charge in [0.05, 0.1) is 40.1 Å². The maximum atomic E-state index is 13.5. The van der Waals surface area contributed by atoms with Crippen LogP contribution in [0.1, 0.15) is 48.3 Å². The Morgan fingerprint density at radius 3 is 2.45 bits per heavy atom. The van der Waals surface area contributed by atoms with Crippen LogP contribution >= 0.6 is 23.2 Å². The van der Waals surface area contributed by atoms with Crippen LogP contribution in [-0.2, 0) is 31.4 Å². The van der Waals surface area contributed by atoms with Crippen molar-refractivity contribution in [3.05, 3.63) is 81.4 Å². The zero-order chi connectivity index (χ0) is 35.2. The van der Waals surface area contributed by atoms with Crippen LogP contribution < -0.4 is 10.1 Å². The second-order valence-corrected chi connectivity index (χ2v) is 13.1. The number of fused-ring (bicyclic) bond motifs is 2. The van der Waals surface area contributed by atoms with Crippen LogP contribution in [0.4, 0.5) is 19.3 Å². The minimum Gasteiger partial charge on any atom is -0.444 e. The number of aliphatic hydroxyl groups is 1. The van der Waals surface area contributed by atoms with Gasteiger partial charge in [-0.1, -0.05) is 47.5 Å². The first-order chi connectivity index (χ1) is 23.2. The van der Waals surface area contributed by atoms with Gasteiger partial charge in [-0.3, -0.25) is 4.79 Å². The molecule has 0 saturated carbocycles. The summed E-state index contributed by atoms with van der Waals surface area (Å²) < 4.78 is 43.4. The zero-order valence-corrected chi connectivity index (χ0v) is 28.3. The number of halogens is 4. The molecule has 3 aromatic carbocycles. The number of carbonyl (C=O) groups is 2. The van der Waals surface area contributed by atoms with Gasteiger partial charge in [0.1, 0.15) is 16.9 Å². The SMILES string of the molecule is Cn1c(C(=O)Nc2cccc(-c3cccc(-c4nc5cc(CO)c(OC(F)F)cc5o4)c3Cl)c2Cl)nc2c1CCN(C(=O)OC(C)(C)C)C2. The minimum absolute atomic E-state index is 0.101. The summed E-state index contributed by atoms with van der Waals surface area (Å²) in [4.78, 5) is 36.7. The van der Waals surface area contributed by atoms with Gasteiger partial charge < -0.3 is 33.8 Å². The van der Waals surface area contributed by atoms with Gasteiger partial charge in [0, 0.05) is 48.5 Å². The van der Waals surface area contributed by atoms with Crippen molar-refractivity contribution in [3.8, 4) is 28.3 Å². The number of alkyl halides is 2. The second kappa shape index (κ2) is 13.3. The van der Waals surface area contributed by atoms with E-state index in [1.165, 1.54) is 12.1 Å². The first-order valence-corrected chi connectivity index (χ1v) is 15.9. The third kappa shape index (κ3) is 6.91. The van der Waals surface area contributed by atoms with E-state index < -0.39 is 30.8 Å². The largest absolute Gasteiger partial charge is 0.444 e. The molecule has 0 spiro atoms. The highest BCUT2D eigenvalue weighted by Gasteiger charge is 2.30. The Balaban J connectivity index is 1.26. The molecule has 0 atom stereocenters. The van der Waals surface area contributed by atoms with E-state index in [1.54, 1.807) is 73.7 Å². The van der Waals surface area contributed by atoms with E-state index in [-0.39, 0.29) is 45.2 Å². The van der Waals surface area contributed by atoms with Crippen molar-refractivity contribution < 1.29 is 37.4 Å². The molecule has 256 valence electrons. The van der Waals surface area contributed by atoms with Crippen molar-refractivity contribution in [2.24, 2.45) is 7.05 Å². The highest BCUT2D eigenvalue weighted by atomic mass is 35.5. The van der Waals surface area contributed by atoms with Crippen molar-refractivity contribution >= 4 is 52.0 Å². The number of benzene rings is 3. The normalized spacial score (nSPS) is 13.1. The zero-order valence-electron chi connectivity index (χ0n) is 26.8. The number of oxazole rings is 1. The summed E-state index contributed by atoms with van der Waals surface area (Å²) in [5.74, 6) is -0.473. The quantitative estimate of drug-likeness (QED) is 0.174. The minimum atomic E-state index is -3.09. The third-order valence-electron chi connectivity index (χ3n) is 7.83. The number of amides is 2. The number of imidazole rings is 1. The van der Waals surface area contributed by atoms with Gasteiger partial charge in [-0.2, -0.15) is 8.78 Å². The smallest absolute Gasteiger partial charge is 0.410 e. The summed E-state index contributed by atoms with van der Waals surface area (Å²) in [6.07, 6.45) is 0.0608. The molecule has 5 aromatic rings. The summed E-state index contributed by atoms with van der Waals surface area (Å²) >= 11 is 13.7. The Morgan fingerprint density at radius 2 is 1.76 bits per heavy atom. The third-order valence-corrected chi connectivity index (χ3v) is 8.65. The highest BCUT2D eigenvalue weighted by molar-refractivity contribution is 6.39. The molecule has 2 N–H and O–H groups in total. The summed E-state index contributed by atoms with van der Waals surface area (Å²) in [5.41, 5.74) is 3.11. The summed E-state index contributed by atoms with van der Waals surface area (Å²) in [7, 11) is 1.75. The number of hydrogen-bond acceptors (Lipinski definition) is 8. The maximum absolute atomic E-state index is 13.5. The fourth-order valence-electron chi connectivity index (χ4n) is 5.58. The van der Waals surface area contributed by atoms with Gasteiger partial charge >= 0.3 is 12.7 Å². The van der Waals surface area contributed by atoms with Crippen LogP contribution in [0, 0.1) is 0 Å². The molecule has 15 heteroatoms. The number of rotatable bonds is 7. The van der Waals surface area contributed by atoms with Gasteiger partial charge in [-0.25, -0.2) is 14.8 Å². The van der Waals surface area contributed by atoms with Gasteiger partial charge in [0.15, 0.2) is 11.4 Å². The molecule has 0 aliphatic carbocycles. The molecule has 2 aromatic heterocycles. The molecule has 0 radical (unpaired) electrons. The lowest BCUT2D eigenvalue weighted by Crippen LogP contribution is -2.40. The fraction of sp³-hybridized carbons (Fsp3) is 0.294. The van der Waals surface area contributed by atoms with Crippen LogP contribution in [-0.4, -0.2) is 55.3 Å². The van der Waals surface area contributed by atoms with Gasteiger partial charge in [-0.05, 0) is 39.0 Å². The van der Waals surface area contributed by atoms with E-state index in [9.17, 15) is 23.5 Å². The first kappa shape index (κ1) is 34.2. The van der Waals surface area contributed by atoms with Crippen LogP contribution in [0.2, 0.25) is 10.0 Å². The predicted molar refractivity (Wildman–Crippen MR) is 179 cm³/mol. The maximum Gasteiger partial charge on any atom is 0.410 e. The van der Waals surface area contributed by atoms with Crippen LogP contribution in [0.25, 0.3) is 33.7 Å². The van der Waals surface area contributed by atoms with Gasteiger partial charge in [-0.15, -0.1) is 0 Å². The highest BCUT2D eigenvalue weighted by Crippen LogP contribution is 2.42. The van der Waals surface area contributed by atoms with Gasteiger partial charge in [0.2, 0.25) is 5.89 Å². The number of carbonyl (C=O) groups excluding carboxylic acids is 2. The lowest BCUT2D eigenvalue weighted by atomic mass is 10.0. The summed E-state index contributed by atoms with van der Waals surface area (Å²) in [6.45, 7) is 2.41. The van der Waals surface area contributed by atoms with E-state index in [0.717, 1.165) is 5.69 Å². The van der Waals surface area contributed by atoms with Crippen molar-refractivity contribution in [1.82, 2.24) is 19.4 Å². The molecule has 11 nitrogen and oxygen atoms in total. The fourth-order valence-corrected chi connectivity index (χ4v) is 6.16. The molecule has 0 bridgehead atoms. The molecule has 0 fully saturated rings. The average molecular weight is 715 g/mol. The summed E-state index contributed by atoms with van der Waals surface area (Å²) in [5, 5.41) is 12.9. The van der Waals surface area contributed by atoms with Crippen LogP contribution in [0.3, 0.4) is 0 Å². The topological polar surface area (TPSA) is 132 Å². The number of hydrogen-bond donors (Lipinski definition) is 2. The lowest BCUT2D eigenvalue weighted by molar-refractivity contribution is -0.0508. The number of nitrogens with one attached hydrogen (secondary N) is 1. The molecule has 1 aliphatic rings. The van der Waals surface area contributed by atoms with Crippen molar-refractivity contribution in [3.63, 3.8) is 0 Å². The molecular weight excluding hydrogens is 683 g/mol. The van der Waals surface area contributed by atoms with E-state index >= 15 is 0 Å². The molecule has 0 unspecified atom stereocenters. The molecule has 6 rings (SSSR count). The average Bonchev–Trinajstić information content (AvgIpc) is 3.60. The first-order valence-electron chi connectivity index (χ1n) is 15.1. The number of anilines is 1. The molecule has 49 heavy (non-hydrogen) atoms. The number of aliphatic hydroxyl groups excluding tert-OH is 1. The Labute approximate surface area is 289 Å². The Kier molecular flexibility index (Phi) is 9.27. The number of ether oxygens (including phenoxy) is 2. The second-order valence-electron chi connectivity index (χ2n) is 12.3. The monoisotopic (exact) mass is 713 g/mol. The van der Waals surface area contributed by atoms with Crippen molar-refractivity contribution in [2.45, 2.75) is 52.6 Å². The number of aromatic nitrogens is 3. The summed E-state index contributed by atoms with van der Waals surface area (Å²) in [6, 6.07) is 12.9. The van der Waals surface area contributed by atoms with Crippen LogP contribution in [0.15, 0.2) is 52.9 Å². The predicted octanol–water partition coefficient (Wildman–Crippen LogP) is 7.84. The van der Waals surface area contributed by atoms with Crippen molar-refractivity contribution in [2.75, 3.05) is 11.9 Å². The van der Waals surface area contributed by atoms with E-state index in [2.05, 4.69) is 20.0 Å². The van der Waals surface area contributed by atoms with E-state index in [4.69, 9.17) is 32.4 Å². The Morgan fingerprint density at radius 1 is 1.06 bits per heavy atom. The van der Waals surface area contributed by atoms with Gasteiger partial charge in [0.25, 0.3) is 5.91 Å². The Hall–Kier alpha value is -4.72. The molecule has 0 saturated heterocycles. The molecular formula is C34H31Cl2F2N5O6. The van der Waals surface area contributed by atoms with Crippen LogP contribution in [0.5, 0.6) is 5.75 Å². The Bertz CT molecular complexity index is 2090.